The van der Waals surface area contributed by atoms with E-state index in [1.807, 2.05) is 36.5 Å². The van der Waals surface area contributed by atoms with Crippen LogP contribution in [-0.2, 0) is 12.0 Å². The highest BCUT2D eigenvalue weighted by Gasteiger charge is 2.29. The van der Waals surface area contributed by atoms with Gasteiger partial charge in [-0.25, -0.2) is 4.98 Å². The van der Waals surface area contributed by atoms with Crippen molar-refractivity contribution >= 4 is 0 Å². The molecule has 1 fully saturated rings. The largest absolute Gasteiger partial charge is 0.444 e. The lowest BCUT2D eigenvalue weighted by Crippen LogP contribution is -2.30. The zero-order valence-corrected chi connectivity index (χ0v) is 14.9. The Kier molecular flexibility index (Phi) is 5.07. The van der Waals surface area contributed by atoms with E-state index in [1.165, 1.54) is 6.42 Å². The topological polar surface area (TPSA) is 49.5 Å². The molecule has 130 valence electrons. The summed E-state index contributed by atoms with van der Waals surface area (Å²) < 4.78 is 5.93. The van der Waals surface area contributed by atoms with Gasteiger partial charge >= 0.3 is 0 Å². The number of aliphatic hydroxyl groups excluding tert-OH is 1. The lowest BCUT2D eigenvalue weighted by molar-refractivity contribution is 0.113. The van der Waals surface area contributed by atoms with Gasteiger partial charge in [-0.3, -0.25) is 4.90 Å². The van der Waals surface area contributed by atoms with Crippen LogP contribution >= 0.6 is 0 Å². The number of oxazole rings is 1. The number of hydrogen-bond donors (Lipinski definition) is 1. The van der Waals surface area contributed by atoms with Crippen LogP contribution < -0.4 is 0 Å². The summed E-state index contributed by atoms with van der Waals surface area (Å²) in [6, 6.07) is 10.3. The molecule has 0 bridgehead atoms. The molecule has 1 aliphatic heterocycles. The molecule has 4 nitrogen and oxygen atoms in total. The molecular formula is C20H28N2O2. The number of rotatable bonds is 5. The van der Waals surface area contributed by atoms with Gasteiger partial charge in [-0.05, 0) is 31.4 Å². The zero-order valence-electron chi connectivity index (χ0n) is 14.9. The van der Waals surface area contributed by atoms with E-state index in [9.17, 15) is 5.11 Å². The van der Waals surface area contributed by atoms with E-state index >= 15 is 0 Å². The molecule has 1 aromatic carbocycles. The Morgan fingerprint density at radius 2 is 2.04 bits per heavy atom. The van der Waals surface area contributed by atoms with Gasteiger partial charge in [-0.1, -0.05) is 51.1 Å². The molecule has 2 atom stereocenters. The SMILES string of the molecule is CC(C)(C)c1cnc(CN2CCCC2CC(O)c2ccccc2)o1. The van der Waals surface area contributed by atoms with Crippen LogP contribution in [0.3, 0.4) is 0 Å². The minimum absolute atomic E-state index is 0.0147. The van der Waals surface area contributed by atoms with Crippen LogP contribution in [-0.4, -0.2) is 27.6 Å². The van der Waals surface area contributed by atoms with Crippen LogP contribution in [0.4, 0.5) is 0 Å². The molecule has 2 heterocycles. The number of likely N-dealkylation sites (tertiary alicyclic amines) is 1. The minimum atomic E-state index is -0.411. The van der Waals surface area contributed by atoms with Crippen molar-refractivity contribution in [2.24, 2.45) is 0 Å². The first-order valence-corrected chi connectivity index (χ1v) is 8.86. The summed E-state index contributed by atoms with van der Waals surface area (Å²) in [5, 5.41) is 10.5. The Morgan fingerprint density at radius 3 is 2.71 bits per heavy atom. The predicted molar refractivity (Wildman–Crippen MR) is 94.7 cm³/mol. The van der Waals surface area contributed by atoms with E-state index in [-0.39, 0.29) is 5.41 Å². The van der Waals surface area contributed by atoms with Crippen molar-refractivity contribution in [3.63, 3.8) is 0 Å². The highest BCUT2D eigenvalue weighted by atomic mass is 16.4. The first-order valence-electron chi connectivity index (χ1n) is 8.86. The smallest absolute Gasteiger partial charge is 0.208 e. The van der Waals surface area contributed by atoms with E-state index in [0.29, 0.717) is 6.04 Å². The third kappa shape index (κ3) is 4.05. The molecular weight excluding hydrogens is 300 g/mol. The molecule has 1 aliphatic rings. The van der Waals surface area contributed by atoms with Gasteiger partial charge in [0.1, 0.15) is 5.76 Å². The molecule has 0 spiro atoms. The summed E-state index contributed by atoms with van der Waals surface area (Å²) in [6.45, 7) is 8.16. The summed E-state index contributed by atoms with van der Waals surface area (Å²) in [7, 11) is 0. The van der Waals surface area contributed by atoms with Crippen molar-refractivity contribution in [1.82, 2.24) is 9.88 Å². The van der Waals surface area contributed by atoms with Gasteiger partial charge in [0.15, 0.2) is 0 Å². The molecule has 2 unspecified atom stereocenters. The standard InChI is InChI=1S/C20H28N2O2/c1-20(2,3)18-13-21-19(24-18)14-22-11-7-10-16(22)12-17(23)15-8-5-4-6-9-15/h4-6,8-9,13,16-17,23H,7,10-12,14H2,1-3H3. The van der Waals surface area contributed by atoms with Crippen LogP contribution in [0.1, 0.15) is 63.4 Å². The van der Waals surface area contributed by atoms with Crippen LogP contribution in [0.15, 0.2) is 40.9 Å². The first-order chi connectivity index (χ1) is 11.4. The fourth-order valence-electron chi connectivity index (χ4n) is 3.34. The average Bonchev–Trinajstić information content (AvgIpc) is 3.18. The molecule has 1 saturated heterocycles. The maximum atomic E-state index is 10.5. The van der Waals surface area contributed by atoms with Crippen LogP contribution in [0.25, 0.3) is 0 Å². The normalized spacial score (nSPS) is 20.4. The highest BCUT2D eigenvalue weighted by Crippen LogP contribution is 2.29. The average molecular weight is 328 g/mol. The second-order valence-electron chi connectivity index (χ2n) is 7.80. The van der Waals surface area contributed by atoms with Gasteiger partial charge in [0, 0.05) is 11.5 Å². The Balaban J connectivity index is 1.62. The summed E-state index contributed by atoms with van der Waals surface area (Å²) in [6.07, 6.45) is 4.48. The molecule has 0 radical (unpaired) electrons. The fourth-order valence-corrected chi connectivity index (χ4v) is 3.34. The Bertz CT molecular complexity index is 645. The summed E-state index contributed by atoms with van der Waals surface area (Å²) in [5.74, 6) is 1.71. The molecule has 4 heteroatoms. The second kappa shape index (κ2) is 7.08. The van der Waals surface area contributed by atoms with Crippen molar-refractivity contribution in [1.29, 1.82) is 0 Å². The van der Waals surface area contributed by atoms with E-state index in [2.05, 4.69) is 30.7 Å². The number of benzene rings is 1. The Labute approximate surface area is 144 Å². The summed E-state index contributed by atoms with van der Waals surface area (Å²) in [5.41, 5.74) is 0.981. The van der Waals surface area contributed by atoms with Crippen LogP contribution in [0, 0.1) is 0 Å². The maximum absolute atomic E-state index is 10.5. The lowest BCUT2D eigenvalue weighted by atomic mass is 9.94. The van der Waals surface area contributed by atoms with Crippen molar-refractivity contribution < 1.29 is 9.52 Å². The lowest BCUT2D eigenvalue weighted by Gasteiger charge is -2.25. The number of aliphatic hydroxyl groups is 1. The molecule has 1 aromatic heterocycles. The highest BCUT2D eigenvalue weighted by molar-refractivity contribution is 5.17. The van der Waals surface area contributed by atoms with Crippen molar-refractivity contribution in [2.75, 3.05) is 6.54 Å². The van der Waals surface area contributed by atoms with Gasteiger partial charge in [0.25, 0.3) is 0 Å². The predicted octanol–water partition coefficient (Wildman–Crippen LogP) is 4.06. The van der Waals surface area contributed by atoms with Crippen molar-refractivity contribution in [2.45, 2.75) is 64.1 Å². The van der Waals surface area contributed by atoms with Gasteiger partial charge in [-0.2, -0.15) is 0 Å². The minimum Gasteiger partial charge on any atom is -0.444 e. The first kappa shape index (κ1) is 17.2. The molecule has 0 amide bonds. The Hall–Kier alpha value is -1.65. The summed E-state index contributed by atoms with van der Waals surface area (Å²) in [4.78, 5) is 6.84. The maximum Gasteiger partial charge on any atom is 0.208 e. The monoisotopic (exact) mass is 328 g/mol. The van der Waals surface area contributed by atoms with E-state index in [1.54, 1.807) is 0 Å². The molecule has 3 rings (SSSR count). The van der Waals surface area contributed by atoms with E-state index in [0.717, 1.165) is 43.1 Å². The van der Waals surface area contributed by atoms with Gasteiger partial charge in [0.2, 0.25) is 5.89 Å². The number of hydrogen-bond acceptors (Lipinski definition) is 4. The van der Waals surface area contributed by atoms with Crippen molar-refractivity contribution in [3.8, 4) is 0 Å². The quantitative estimate of drug-likeness (QED) is 0.899. The second-order valence-corrected chi connectivity index (χ2v) is 7.80. The molecule has 0 saturated carbocycles. The molecule has 24 heavy (non-hydrogen) atoms. The third-order valence-electron chi connectivity index (χ3n) is 4.81. The van der Waals surface area contributed by atoms with Gasteiger partial charge < -0.3 is 9.52 Å². The Morgan fingerprint density at radius 1 is 1.29 bits per heavy atom. The molecule has 0 aliphatic carbocycles. The van der Waals surface area contributed by atoms with E-state index < -0.39 is 6.10 Å². The molecule has 2 aromatic rings. The fraction of sp³-hybridized carbons (Fsp3) is 0.550. The van der Waals surface area contributed by atoms with Crippen molar-refractivity contribution in [3.05, 3.63) is 53.7 Å². The van der Waals surface area contributed by atoms with Gasteiger partial charge in [0.05, 0.1) is 18.8 Å². The third-order valence-corrected chi connectivity index (χ3v) is 4.81. The van der Waals surface area contributed by atoms with E-state index in [4.69, 9.17) is 4.42 Å². The molecule has 1 N–H and O–H groups in total. The number of nitrogens with zero attached hydrogens (tertiary/aromatic N) is 2. The van der Waals surface area contributed by atoms with Gasteiger partial charge in [-0.15, -0.1) is 0 Å². The number of aromatic nitrogens is 1. The zero-order chi connectivity index (χ0) is 17.2. The van der Waals surface area contributed by atoms with Crippen LogP contribution in [0.2, 0.25) is 0 Å². The van der Waals surface area contributed by atoms with Crippen LogP contribution in [0.5, 0.6) is 0 Å². The summed E-state index contributed by atoms with van der Waals surface area (Å²) >= 11 is 0.